The quantitative estimate of drug-likeness (QED) is 0.396. The number of halogens is 1. The highest BCUT2D eigenvalue weighted by molar-refractivity contribution is 7.09. The number of aryl methyl sites for hydroxylation is 1. The number of carbonyl (C=O) groups is 3. The molecule has 12 heteroatoms. The van der Waals surface area contributed by atoms with Gasteiger partial charge in [-0.2, -0.15) is 4.37 Å². The number of ether oxygens (including phenoxy) is 1. The monoisotopic (exact) mass is 515 g/mol. The van der Waals surface area contributed by atoms with Crippen LogP contribution < -0.4 is 16.8 Å². The topological polar surface area (TPSA) is 154 Å². The van der Waals surface area contributed by atoms with E-state index in [9.17, 15) is 18.8 Å². The lowest BCUT2D eigenvalue weighted by atomic mass is 10.1. The highest BCUT2D eigenvalue weighted by atomic mass is 32.1. The fourth-order valence-corrected chi connectivity index (χ4v) is 4.73. The molecule has 0 aliphatic carbocycles. The Bertz CT molecular complexity index is 1250. The SMILES string of the molecule is Cc1ccc([C@@H](C(=O)NC[C@@H]2CCCO2)N(Cc2ccc(F)cc2)C(=O)c2snc(C(N)=O)c2N)o1. The third-order valence-corrected chi connectivity index (χ3v) is 6.65. The Morgan fingerprint density at radius 3 is 2.58 bits per heavy atom. The van der Waals surface area contributed by atoms with Crippen LogP contribution in [0.3, 0.4) is 0 Å². The molecule has 3 amide bonds. The fourth-order valence-electron chi connectivity index (χ4n) is 3.97. The minimum Gasteiger partial charge on any atom is -0.464 e. The molecule has 0 spiro atoms. The number of amides is 3. The average molecular weight is 516 g/mol. The zero-order valence-electron chi connectivity index (χ0n) is 19.5. The predicted octanol–water partition coefficient (Wildman–Crippen LogP) is 2.54. The van der Waals surface area contributed by atoms with Crippen molar-refractivity contribution in [2.75, 3.05) is 18.9 Å². The molecule has 1 aliphatic heterocycles. The van der Waals surface area contributed by atoms with Crippen molar-refractivity contribution in [3.63, 3.8) is 0 Å². The first-order valence-corrected chi connectivity index (χ1v) is 12.1. The molecule has 2 aromatic heterocycles. The molecule has 0 unspecified atom stereocenters. The van der Waals surface area contributed by atoms with Crippen LogP contribution in [-0.4, -0.2) is 46.3 Å². The Hall–Kier alpha value is -3.77. The second-order valence-corrected chi connectivity index (χ2v) is 9.20. The van der Waals surface area contributed by atoms with Gasteiger partial charge in [-0.15, -0.1) is 0 Å². The van der Waals surface area contributed by atoms with Gasteiger partial charge in [0.05, 0.1) is 11.8 Å². The minimum absolute atomic E-state index is 0.0499. The van der Waals surface area contributed by atoms with Gasteiger partial charge in [-0.1, -0.05) is 12.1 Å². The van der Waals surface area contributed by atoms with E-state index < -0.39 is 29.6 Å². The number of nitrogen functional groups attached to an aromatic ring is 1. The fraction of sp³-hybridized carbons (Fsp3) is 0.333. The maximum atomic E-state index is 13.8. The number of aromatic nitrogens is 1. The standard InChI is InChI=1S/C24H26FN5O5S/c1-13-4-9-17(35-13)20(23(32)28-11-16-3-2-10-34-16)30(12-14-5-7-15(25)8-6-14)24(33)21-18(26)19(22(27)31)29-36-21/h4-9,16,20H,2-3,10-12,26H2,1H3,(H2,27,31)(H,28,32)/t16-,20-/m0/s1. The molecule has 0 saturated carbocycles. The summed E-state index contributed by atoms with van der Waals surface area (Å²) in [5.41, 5.74) is 11.5. The molecule has 10 nitrogen and oxygen atoms in total. The lowest BCUT2D eigenvalue weighted by Gasteiger charge is -2.30. The number of rotatable bonds is 9. The van der Waals surface area contributed by atoms with E-state index in [1.807, 2.05) is 0 Å². The third kappa shape index (κ3) is 5.55. The van der Waals surface area contributed by atoms with E-state index in [1.54, 1.807) is 19.1 Å². The molecule has 1 aliphatic rings. The predicted molar refractivity (Wildman–Crippen MR) is 129 cm³/mol. The van der Waals surface area contributed by atoms with Gasteiger partial charge in [0.25, 0.3) is 17.7 Å². The van der Waals surface area contributed by atoms with E-state index in [0.717, 1.165) is 12.8 Å². The van der Waals surface area contributed by atoms with E-state index in [0.29, 0.717) is 29.5 Å². The van der Waals surface area contributed by atoms with E-state index in [2.05, 4.69) is 9.69 Å². The number of furan rings is 1. The first kappa shape index (κ1) is 25.3. The summed E-state index contributed by atoms with van der Waals surface area (Å²) < 4.78 is 28.8. The maximum absolute atomic E-state index is 13.8. The third-order valence-electron chi connectivity index (χ3n) is 5.80. The van der Waals surface area contributed by atoms with Crippen molar-refractivity contribution in [2.45, 2.75) is 38.5 Å². The van der Waals surface area contributed by atoms with Crippen LogP contribution in [0.15, 0.2) is 40.8 Å². The van der Waals surface area contributed by atoms with Gasteiger partial charge in [0.15, 0.2) is 11.7 Å². The molecule has 3 heterocycles. The van der Waals surface area contributed by atoms with Crippen molar-refractivity contribution >= 4 is 34.9 Å². The number of nitrogens with two attached hydrogens (primary N) is 2. The summed E-state index contributed by atoms with van der Waals surface area (Å²) >= 11 is 0.708. The Morgan fingerprint density at radius 1 is 1.25 bits per heavy atom. The molecule has 0 radical (unpaired) electrons. The second-order valence-electron chi connectivity index (χ2n) is 8.43. The summed E-state index contributed by atoms with van der Waals surface area (Å²) in [7, 11) is 0. The molecular formula is C24H26FN5O5S. The van der Waals surface area contributed by atoms with Crippen LogP contribution in [0.4, 0.5) is 10.1 Å². The Kier molecular flexibility index (Phi) is 7.65. The molecule has 1 fully saturated rings. The van der Waals surface area contributed by atoms with Gasteiger partial charge >= 0.3 is 0 Å². The summed E-state index contributed by atoms with van der Waals surface area (Å²) in [4.78, 5) is 40.2. The number of hydrogen-bond donors (Lipinski definition) is 3. The minimum atomic E-state index is -1.20. The van der Waals surface area contributed by atoms with Crippen molar-refractivity contribution in [1.29, 1.82) is 0 Å². The first-order valence-electron chi connectivity index (χ1n) is 11.3. The normalized spacial score (nSPS) is 16.0. The molecule has 4 rings (SSSR count). The smallest absolute Gasteiger partial charge is 0.270 e. The van der Waals surface area contributed by atoms with Crippen molar-refractivity contribution in [3.8, 4) is 0 Å². The van der Waals surface area contributed by atoms with Gasteiger partial charge in [0.2, 0.25) is 0 Å². The summed E-state index contributed by atoms with van der Waals surface area (Å²) in [5.74, 6) is -1.69. The molecule has 0 bridgehead atoms. The van der Waals surface area contributed by atoms with Gasteiger partial charge in [-0.3, -0.25) is 14.4 Å². The number of benzene rings is 1. The lowest BCUT2D eigenvalue weighted by Crippen LogP contribution is -2.45. The summed E-state index contributed by atoms with van der Waals surface area (Å²) in [5, 5.41) is 2.86. The molecule has 1 aromatic carbocycles. The Morgan fingerprint density at radius 2 is 2.00 bits per heavy atom. The summed E-state index contributed by atoms with van der Waals surface area (Å²) in [6.07, 6.45) is 1.60. The maximum Gasteiger partial charge on any atom is 0.270 e. The molecule has 36 heavy (non-hydrogen) atoms. The van der Waals surface area contributed by atoms with Crippen LogP contribution in [0.2, 0.25) is 0 Å². The van der Waals surface area contributed by atoms with Crippen molar-refractivity contribution in [3.05, 3.63) is 69.9 Å². The lowest BCUT2D eigenvalue weighted by molar-refractivity contribution is -0.127. The zero-order chi connectivity index (χ0) is 25.8. The second kappa shape index (κ2) is 10.9. The highest BCUT2D eigenvalue weighted by Crippen LogP contribution is 2.31. The van der Waals surface area contributed by atoms with Gasteiger partial charge in [0, 0.05) is 19.7 Å². The number of anilines is 1. The van der Waals surface area contributed by atoms with Crippen LogP contribution in [0, 0.1) is 12.7 Å². The van der Waals surface area contributed by atoms with E-state index in [-0.39, 0.29) is 41.2 Å². The van der Waals surface area contributed by atoms with Crippen molar-refractivity contribution < 1.29 is 27.9 Å². The molecular weight excluding hydrogens is 489 g/mol. The van der Waals surface area contributed by atoms with E-state index in [4.69, 9.17) is 20.6 Å². The van der Waals surface area contributed by atoms with Gasteiger partial charge in [-0.25, -0.2) is 4.39 Å². The van der Waals surface area contributed by atoms with Crippen molar-refractivity contribution in [2.24, 2.45) is 5.73 Å². The number of primary amides is 1. The highest BCUT2D eigenvalue weighted by Gasteiger charge is 2.37. The average Bonchev–Trinajstić information content (AvgIpc) is 3.60. The molecule has 3 aromatic rings. The molecule has 5 N–H and O–H groups in total. The molecule has 190 valence electrons. The van der Waals surface area contributed by atoms with Gasteiger partial charge < -0.3 is 30.8 Å². The zero-order valence-corrected chi connectivity index (χ0v) is 20.3. The van der Waals surface area contributed by atoms with Crippen LogP contribution in [0.5, 0.6) is 0 Å². The largest absolute Gasteiger partial charge is 0.464 e. The Balaban J connectivity index is 1.73. The number of carbonyl (C=O) groups excluding carboxylic acids is 3. The summed E-state index contributed by atoms with van der Waals surface area (Å²) in [6.45, 7) is 2.53. The molecule has 2 atom stereocenters. The van der Waals surface area contributed by atoms with Crippen molar-refractivity contribution in [1.82, 2.24) is 14.6 Å². The van der Waals surface area contributed by atoms with Crippen LogP contribution in [0.25, 0.3) is 0 Å². The number of hydrogen-bond acceptors (Lipinski definition) is 8. The Labute approximate surface area is 210 Å². The van der Waals surface area contributed by atoms with E-state index in [1.165, 1.54) is 29.2 Å². The van der Waals surface area contributed by atoms with Crippen LogP contribution in [-0.2, 0) is 16.1 Å². The van der Waals surface area contributed by atoms with Crippen LogP contribution in [0.1, 0.15) is 56.1 Å². The summed E-state index contributed by atoms with van der Waals surface area (Å²) in [6, 6.07) is 7.63. The first-order chi connectivity index (χ1) is 17.2. The van der Waals surface area contributed by atoms with E-state index >= 15 is 0 Å². The van der Waals surface area contributed by atoms with Gasteiger partial charge in [-0.05, 0) is 61.1 Å². The number of nitrogens with one attached hydrogen (secondary N) is 1. The number of nitrogens with zero attached hydrogens (tertiary/aromatic N) is 2. The van der Waals surface area contributed by atoms with Crippen LogP contribution >= 0.6 is 11.5 Å². The van der Waals surface area contributed by atoms with Gasteiger partial charge in [0.1, 0.15) is 22.2 Å². The molecule has 1 saturated heterocycles.